The number of hydrogen-bond acceptors (Lipinski definition) is 2. The minimum absolute atomic E-state index is 0.275. The average Bonchev–Trinajstić information content (AvgIpc) is 2.83. The molecule has 3 aromatic rings. The summed E-state index contributed by atoms with van der Waals surface area (Å²) in [6.45, 7) is 0. The van der Waals surface area contributed by atoms with Gasteiger partial charge in [-0.3, -0.25) is 4.79 Å². The molecule has 4 heteroatoms. The van der Waals surface area contributed by atoms with Gasteiger partial charge in [-0.05, 0) is 17.7 Å². The van der Waals surface area contributed by atoms with Crippen LogP contribution in [0, 0.1) is 5.82 Å². The number of carbonyl (C=O) groups excluding carboxylic acids is 1. The number of benzene rings is 2. The molecular weight excluding hydrogens is 243 g/mol. The Bertz CT molecular complexity index is 734. The summed E-state index contributed by atoms with van der Waals surface area (Å²) in [6, 6.07) is 12.6. The van der Waals surface area contributed by atoms with Crippen LogP contribution in [0.25, 0.3) is 11.0 Å². The summed E-state index contributed by atoms with van der Waals surface area (Å²) in [5, 5.41) is 0. The number of aromatic amines is 1. The van der Waals surface area contributed by atoms with Crippen molar-refractivity contribution in [3.8, 4) is 0 Å². The van der Waals surface area contributed by atoms with Gasteiger partial charge in [-0.25, -0.2) is 9.37 Å². The average molecular weight is 254 g/mol. The highest BCUT2D eigenvalue weighted by molar-refractivity contribution is 5.85. The van der Waals surface area contributed by atoms with Crippen LogP contribution in [0.2, 0.25) is 0 Å². The van der Waals surface area contributed by atoms with Gasteiger partial charge in [-0.1, -0.05) is 30.3 Å². The van der Waals surface area contributed by atoms with Crippen molar-refractivity contribution in [3.05, 3.63) is 65.2 Å². The Morgan fingerprint density at radius 3 is 2.74 bits per heavy atom. The van der Waals surface area contributed by atoms with Crippen molar-refractivity contribution in [2.24, 2.45) is 0 Å². The van der Waals surface area contributed by atoms with E-state index in [-0.39, 0.29) is 5.52 Å². The quantitative estimate of drug-likeness (QED) is 0.730. The standard InChI is InChI=1S/C15H11FN2O/c16-12-6-11(9-19)7-13-15(12)18-14(17-13)8-10-4-2-1-3-5-10/h1-7,9H,8H2,(H,17,18). The Morgan fingerprint density at radius 1 is 1.21 bits per heavy atom. The second kappa shape index (κ2) is 4.65. The molecule has 0 bridgehead atoms. The van der Waals surface area contributed by atoms with Gasteiger partial charge >= 0.3 is 0 Å². The Balaban J connectivity index is 2.02. The van der Waals surface area contributed by atoms with E-state index < -0.39 is 5.82 Å². The van der Waals surface area contributed by atoms with Crippen LogP contribution in [0.15, 0.2) is 42.5 Å². The van der Waals surface area contributed by atoms with Crippen molar-refractivity contribution in [2.75, 3.05) is 0 Å². The molecule has 1 N–H and O–H groups in total. The predicted octanol–water partition coefficient (Wildman–Crippen LogP) is 3.11. The fourth-order valence-corrected chi connectivity index (χ4v) is 2.09. The largest absolute Gasteiger partial charge is 0.342 e. The molecule has 2 aromatic carbocycles. The molecule has 0 atom stereocenters. The molecule has 0 saturated carbocycles. The molecular formula is C15H11FN2O. The lowest BCUT2D eigenvalue weighted by Crippen LogP contribution is -1.89. The normalized spacial score (nSPS) is 10.8. The predicted molar refractivity (Wildman–Crippen MR) is 70.7 cm³/mol. The van der Waals surface area contributed by atoms with Gasteiger partial charge in [0.15, 0.2) is 5.82 Å². The SMILES string of the molecule is O=Cc1cc(F)c2nc(Cc3ccccc3)[nH]c2c1. The molecule has 19 heavy (non-hydrogen) atoms. The summed E-state index contributed by atoms with van der Waals surface area (Å²) in [4.78, 5) is 18.0. The summed E-state index contributed by atoms with van der Waals surface area (Å²) in [5.41, 5.74) is 2.22. The first-order chi connectivity index (χ1) is 9.26. The van der Waals surface area contributed by atoms with Gasteiger partial charge in [-0.2, -0.15) is 0 Å². The van der Waals surface area contributed by atoms with Crippen molar-refractivity contribution in [1.29, 1.82) is 0 Å². The lowest BCUT2D eigenvalue weighted by molar-refractivity contribution is 0.112. The molecule has 0 unspecified atom stereocenters. The maximum Gasteiger partial charge on any atom is 0.151 e. The fraction of sp³-hybridized carbons (Fsp3) is 0.0667. The van der Waals surface area contributed by atoms with E-state index >= 15 is 0 Å². The Kier molecular flexibility index (Phi) is 2.83. The van der Waals surface area contributed by atoms with Crippen LogP contribution < -0.4 is 0 Å². The third kappa shape index (κ3) is 2.25. The molecule has 1 aromatic heterocycles. The number of carbonyl (C=O) groups is 1. The fourth-order valence-electron chi connectivity index (χ4n) is 2.09. The van der Waals surface area contributed by atoms with Crippen LogP contribution in [0.1, 0.15) is 21.7 Å². The number of hydrogen-bond donors (Lipinski definition) is 1. The Hall–Kier alpha value is -2.49. The van der Waals surface area contributed by atoms with Gasteiger partial charge in [0.05, 0.1) is 5.52 Å². The van der Waals surface area contributed by atoms with Gasteiger partial charge in [0.2, 0.25) is 0 Å². The lowest BCUT2D eigenvalue weighted by Gasteiger charge is -1.96. The van der Waals surface area contributed by atoms with Crippen LogP contribution in [-0.4, -0.2) is 16.3 Å². The van der Waals surface area contributed by atoms with E-state index in [0.29, 0.717) is 29.6 Å². The molecule has 1 heterocycles. The summed E-state index contributed by atoms with van der Waals surface area (Å²) < 4.78 is 13.7. The van der Waals surface area contributed by atoms with Crippen molar-refractivity contribution >= 4 is 17.3 Å². The van der Waals surface area contributed by atoms with E-state index in [1.54, 1.807) is 6.07 Å². The number of imidazole rings is 1. The van der Waals surface area contributed by atoms with E-state index in [1.807, 2.05) is 30.3 Å². The number of H-pyrrole nitrogens is 1. The zero-order valence-corrected chi connectivity index (χ0v) is 10.1. The number of nitrogens with zero attached hydrogens (tertiary/aromatic N) is 1. The second-order valence-electron chi connectivity index (χ2n) is 4.36. The van der Waals surface area contributed by atoms with Crippen molar-refractivity contribution in [3.63, 3.8) is 0 Å². The highest BCUT2D eigenvalue weighted by Gasteiger charge is 2.09. The zero-order chi connectivity index (χ0) is 13.2. The van der Waals surface area contributed by atoms with Crippen molar-refractivity contribution < 1.29 is 9.18 Å². The zero-order valence-electron chi connectivity index (χ0n) is 10.1. The number of nitrogens with one attached hydrogen (secondary N) is 1. The van der Waals surface area contributed by atoms with E-state index in [9.17, 15) is 9.18 Å². The topological polar surface area (TPSA) is 45.8 Å². The molecule has 3 nitrogen and oxygen atoms in total. The smallest absolute Gasteiger partial charge is 0.151 e. The van der Waals surface area contributed by atoms with Crippen LogP contribution in [0.3, 0.4) is 0 Å². The molecule has 0 aliphatic carbocycles. The minimum Gasteiger partial charge on any atom is -0.342 e. The molecule has 0 aliphatic rings. The maximum atomic E-state index is 13.7. The first-order valence-corrected chi connectivity index (χ1v) is 5.93. The van der Waals surface area contributed by atoms with Crippen LogP contribution >= 0.6 is 0 Å². The number of rotatable bonds is 3. The van der Waals surface area contributed by atoms with Gasteiger partial charge in [0.1, 0.15) is 17.6 Å². The molecule has 0 amide bonds. The first-order valence-electron chi connectivity index (χ1n) is 5.93. The van der Waals surface area contributed by atoms with E-state index in [4.69, 9.17) is 0 Å². The number of fused-ring (bicyclic) bond motifs is 1. The minimum atomic E-state index is -0.477. The third-order valence-corrected chi connectivity index (χ3v) is 2.96. The number of halogens is 1. The van der Waals surface area contributed by atoms with Crippen LogP contribution in [0.5, 0.6) is 0 Å². The van der Waals surface area contributed by atoms with Gasteiger partial charge in [0.25, 0.3) is 0 Å². The van der Waals surface area contributed by atoms with Gasteiger partial charge < -0.3 is 4.98 Å². The summed E-state index contributed by atoms with van der Waals surface area (Å²) in [5.74, 6) is 0.207. The third-order valence-electron chi connectivity index (χ3n) is 2.96. The molecule has 3 rings (SSSR count). The summed E-state index contributed by atoms with van der Waals surface area (Å²) in [7, 11) is 0. The van der Waals surface area contributed by atoms with Crippen molar-refractivity contribution in [2.45, 2.75) is 6.42 Å². The highest BCUT2D eigenvalue weighted by Crippen LogP contribution is 2.18. The number of aldehydes is 1. The van der Waals surface area contributed by atoms with E-state index in [2.05, 4.69) is 9.97 Å². The van der Waals surface area contributed by atoms with Crippen LogP contribution in [0.4, 0.5) is 4.39 Å². The lowest BCUT2D eigenvalue weighted by atomic mass is 10.1. The van der Waals surface area contributed by atoms with Gasteiger partial charge in [-0.15, -0.1) is 0 Å². The second-order valence-corrected chi connectivity index (χ2v) is 4.36. The molecule has 0 saturated heterocycles. The maximum absolute atomic E-state index is 13.7. The molecule has 0 fully saturated rings. The monoisotopic (exact) mass is 254 g/mol. The van der Waals surface area contributed by atoms with E-state index in [1.165, 1.54) is 6.07 Å². The Labute approximate surface area is 109 Å². The molecule has 94 valence electrons. The molecule has 0 radical (unpaired) electrons. The Morgan fingerprint density at radius 2 is 2.00 bits per heavy atom. The molecule has 0 spiro atoms. The number of aromatic nitrogens is 2. The van der Waals surface area contributed by atoms with Crippen LogP contribution in [-0.2, 0) is 6.42 Å². The summed E-state index contributed by atoms with van der Waals surface area (Å²) >= 11 is 0. The van der Waals surface area contributed by atoms with Crippen molar-refractivity contribution in [1.82, 2.24) is 9.97 Å². The summed E-state index contributed by atoms with van der Waals surface area (Å²) in [6.07, 6.45) is 1.23. The highest BCUT2D eigenvalue weighted by atomic mass is 19.1. The first kappa shape index (κ1) is 11.6. The van der Waals surface area contributed by atoms with Gasteiger partial charge in [0, 0.05) is 12.0 Å². The van der Waals surface area contributed by atoms with E-state index in [0.717, 1.165) is 5.56 Å². The molecule has 0 aliphatic heterocycles.